The van der Waals surface area contributed by atoms with Gasteiger partial charge in [-0.3, -0.25) is 4.79 Å². The molecule has 1 atom stereocenters. The highest BCUT2D eigenvalue weighted by molar-refractivity contribution is 5.88. The fourth-order valence-electron chi connectivity index (χ4n) is 3.16. The first kappa shape index (κ1) is 14.3. The van der Waals surface area contributed by atoms with Gasteiger partial charge in [0.15, 0.2) is 0 Å². The largest absolute Gasteiger partial charge is 0.381 e. The van der Waals surface area contributed by atoms with Gasteiger partial charge in [-0.25, -0.2) is 0 Å². The zero-order valence-corrected chi connectivity index (χ0v) is 12.4. The second-order valence-corrected chi connectivity index (χ2v) is 6.38. The molecule has 1 aromatic rings. The molecule has 1 amide bonds. The first-order chi connectivity index (χ1) is 10.1. The van der Waals surface area contributed by atoms with E-state index in [1.54, 1.807) is 11.0 Å². The van der Waals surface area contributed by atoms with E-state index in [9.17, 15) is 9.90 Å². The van der Waals surface area contributed by atoms with Crippen LogP contribution in [0.1, 0.15) is 44.7 Å². The summed E-state index contributed by atoms with van der Waals surface area (Å²) in [5.74, 6) is 0.778. The summed E-state index contributed by atoms with van der Waals surface area (Å²) in [4.78, 5) is 14.1. The summed E-state index contributed by atoms with van der Waals surface area (Å²) in [5.41, 5.74) is 0.689. The molecular formula is C15H22N4O2. The van der Waals surface area contributed by atoms with Gasteiger partial charge in [0.25, 0.3) is 0 Å². The molecule has 2 aliphatic rings. The minimum absolute atomic E-state index is 0.0129. The molecule has 0 radical (unpaired) electrons. The number of aliphatic hydroxyl groups is 1. The fourth-order valence-corrected chi connectivity index (χ4v) is 3.16. The fraction of sp³-hybridized carbons (Fsp3) is 0.667. The van der Waals surface area contributed by atoms with Gasteiger partial charge in [-0.05, 0) is 31.6 Å². The summed E-state index contributed by atoms with van der Waals surface area (Å²) in [6.07, 6.45) is 8.19. The van der Waals surface area contributed by atoms with E-state index >= 15 is 0 Å². The van der Waals surface area contributed by atoms with Crippen LogP contribution in [0.25, 0.3) is 0 Å². The van der Waals surface area contributed by atoms with E-state index in [1.165, 1.54) is 24.6 Å². The van der Waals surface area contributed by atoms with Crippen LogP contribution < -0.4 is 0 Å². The van der Waals surface area contributed by atoms with E-state index in [1.807, 2.05) is 0 Å². The maximum absolute atomic E-state index is 12.3. The third-order valence-corrected chi connectivity index (χ3v) is 4.70. The standard InChI is InChI=1S/C15H22N4O2/c1-11-2-4-12(5-3-11)8-14(20)19-7-6-15(21,10-19)13-9-16-18-17-13/h8-9,11,21H,2-7,10H2,1H3,(H,16,17,18)/t11?,15-/m0/s1. The van der Waals surface area contributed by atoms with Crippen molar-refractivity contribution in [3.8, 4) is 0 Å². The van der Waals surface area contributed by atoms with Crippen molar-refractivity contribution < 1.29 is 9.90 Å². The summed E-state index contributed by atoms with van der Waals surface area (Å²) in [6.45, 7) is 3.11. The van der Waals surface area contributed by atoms with Gasteiger partial charge in [0.2, 0.25) is 5.91 Å². The van der Waals surface area contributed by atoms with Gasteiger partial charge < -0.3 is 10.0 Å². The molecule has 2 N–H and O–H groups in total. The Morgan fingerprint density at radius 3 is 2.95 bits per heavy atom. The molecule has 0 bridgehead atoms. The minimum Gasteiger partial charge on any atom is -0.381 e. The monoisotopic (exact) mass is 290 g/mol. The molecule has 3 rings (SSSR count). The number of carbonyl (C=O) groups is 1. The van der Waals surface area contributed by atoms with Crippen LogP contribution in [0, 0.1) is 5.92 Å². The Hall–Kier alpha value is -1.69. The highest BCUT2D eigenvalue weighted by Crippen LogP contribution is 2.31. The van der Waals surface area contributed by atoms with Gasteiger partial charge >= 0.3 is 0 Å². The number of nitrogens with zero attached hydrogens (tertiary/aromatic N) is 3. The average molecular weight is 290 g/mol. The molecular weight excluding hydrogens is 268 g/mol. The number of H-pyrrole nitrogens is 1. The highest BCUT2D eigenvalue weighted by atomic mass is 16.3. The van der Waals surface area contributed by atoms with Crippen LogP contribution in [-0.4, -0.2) is 44.4 Å². The lowest BCUT2D eigenvalue weighted by Gasteiger charge is -2.22. The molecule has 2 fully saturated rings. The second kappa shape index (κ2) is 5.60. The van der Waals surface area contributed by atoms with E-state index in [0.29, 0.717) is 25.2 Å². The SMILES string of the molecule is CC1CCC(=CC(=O)N2CC[C@@](O)(c3cn[nH]n3)C2)CC1. The number of carbonyl (C=O) groups excluding carboxylic acids is 1. The lowest BCUT2D eigenvalue weighted by atomic mass is 9.87. The normalized spacial score (nSPS) is 29.7. The zero-order chi connectivity index (χ0) is 14.9. The van der Waals surface area contributed by atoms with Gasteiger partial charge in [-0.2, -0.15) is 15.4 Å². The number of β-amino-alcohol motifs (C(OH)–C–C–N with tert-alkyl or cyclic N) is 1. The van der Waals surface area contributed by atoms with E-state index in [2.05, 4.69) is 22.3 Å². The highest BCUT2D eigenvalue weighted by Gasteiger charge is 2.41. The van der Waals surface area contributed by atoms with E-state index in [0.717, 1.165) is 18.8 Å². The quantitative estimate of drug-likeness (QED) is 0.806. The molecule has 1 saturated heterocycles. The van der Waals surface area contributed by atoms with Gasteiger partial charge in [0.1, 0.15) is 11.3 Å². The van der Waals surface area contributed by atoms with Crippen LogP contribution in [0.4, 0.5) is 0 Å². The first-order valence-corrected chi connectivity index (χ1v) is 7.64. The first-order valence-electron chi connectivity index (χ1n) is 7.64. The topological polar surface area (TPSA) is 82.1 Å². The van der Waals surface area contributed by atoms with Crippen LogP contribution in [0.15, 0.2) is 17.8 Å². The number of rotatable bonds is 2. The van der Waals surface area contributed by atoms with Gasteiger partial charge in [0.05, 0.1) is 12.7 Å². The maximum atomic E-state index is 12.3. The molecule has 2 heterocycles. The number of aromatic nitrogens is 3. The van der Waals surface area contributed by atoms with E-state index < -0.39 is 5.60 Å². The molecule has 0 unspecified atom stereocenters. The second-order valence-electron chi connectivity index (χ2n) is 6.38. The summed E-state index contributed by atoms with van der Waals surface area (Å²) in [5, 5.41) is 20.8. The van der Waals surface area contributed by atoms with Crippen molar-refractivity contribution in [2.45, 2.75) is 44.6 Å². The molecule has 1 aliphatic heterocycles. The molecule has 1 aromatic heterocycles. The minimum atomic E-state index is -1.07. The van der Waals surface area contributed by atoms with Gasteiger partial charge in [0, 0.05) is 19.0 Å². The molecule has 114 valence electrons. The Bertz CT molecular complexity index is 530. The number of nitrogens with one attached hydrogen (secondary N) is 1. The third kappa shape index (κ3) is 3.00. The Balaban J connectivity index is 1.63. The number of amides is 1. The number of hydrogen-bond acceptors (Lipinski definition) is 4. The summed E-state index contributed by atoms with van der Waals surface area (Å²) < 4.78 is 0. The zero-order valence-electron chi connectivity index (χ0n) is 12.4. The number of aromatic amines is 1. The molecule has 0 aromatic carbocycles. The molecule has 1 saturated carbocycles. The molecule has 0 spiro atoms. The van der Waals surface area contributed by atoms with E-state index in [-0.39, 0.29) is 5.91 Å². The van der Waals surface area contributed by atoms with Crippen LogP contribution in [0.5, 0.6) is 0 Å². The predicted octanol–water partition coefficient (Wildman–Crippen LogP) is 1.36. The molecule has 21 heavy (non-hydrogen) atoms. The van der Waals surface area contributed by atoms with Crippen molar-refractivity contribution in [1.29, 1.82) is 0 Å². The van der Waals surface area contributed by atoms with Crippen LogP contribution >= 0.6 is 0 Å². The lowest BCUT2D eigenvalue weighted by Crippen LogP contribution is -2.34. The van der Waals surface area contributed by atoms with Crippen molar-refractivity contribution in [1.82, 2.24) is 20.3 Å². The number of likely N-dealkylation sites (tertiary alicyclic amines) is 1. The van der Waals surface area contributed by atoms with Crippen molar-refractivity contribution in [2.24, 2.45) is 5.92 Å². The van der Waals surface area contributed by atoms with Crippen LogP contribution in [-0.2, 0) is 10.4 Å². The lowest BCUT2D eigenvalue weighted by molar-refractivity contribution is -0.126. The molecule has 6 nitrogen and oxygen atoms in total. The van der Waals surface area contributed by atoms with Crippen molar-refractivity contribution >= 4 is 5.91 Å². The Labute approximate surface area is 124 Å². The summed E-state index contributed by atoms with van der Waals surface area (Å²) in [6, 6.07) is 0. The van der Waals surface area contributed by atoms with Gasteiger partial charge in [-0.15, -0.1) is 0 Å². The summed E-state index contributed by atoms with van der Waals surface area (Å²) in [7, 11) is 0. The average Bonchev–Trinajstić information content (AvgIpc) is 3.11. The smallest absolute Gasteiger partial charge is 0.246 e. The Morgan fingerprint density at radius 2 is 2.29 bits per heavy atom. The van der Waals surface area contributed by atoms with Crippen LogP contribution in [0.2, 0.25) is 0 Å². The molecule has 1 aliphatic carbocycles. The van der Waals surface area contributed by atoms with Crippen molar-refractivity contribution in [3.05, 3.63) is 23.5 Å². The van der Waals surface area contributed by atoms with Crippen molar-refractivity contribution in [2.75, 3.05) is 13.1 Å². The Morgan fingerprint density at radius 1 is 1.52 bits per heavy atom. The van der Waals surface area contributed by atoms with E-state index in [4.69, 9.17) is 0 Å². The third-order valence-electron chi connectivity index (χ3n) is 4.70. The molecule has 6 heteroatoms. The number of hydrogen-bond donors (Lipinski definition) is 2. The van der Waals surface area contributed by atoms with Crippen molar-refractivity contribution in [3.63, 3.8) is 0 Å². The predicted molar refractivity (Wildman–Crippen MR) is 77.2 cm³/mol. The number of allylic oxidation sites excluding steroid dienone is 1. The Kier molecular flexibility index (Phi) is 3.80. The van der Waals surface area contributed by atoms with Crippen LogP contribution in [0.3, 0.4) is 0 Å². The summed E-state index contributed by atoms with van der Waals surface area (Å²) >= 11 is 0. The maximum Gasteiger partial charge on any atom is 0.246 e. The van der Waals surface area contributed by atoms with Gasteiger partial charge in [-0.1, -0.05) is 12.5 Å².